The molecule has 1 unspecified atom stereocenters. The Labute approximate surface area is 131 Å². The molecule has 0 saturated carbocycles. The molecular formula is C15H14BrClO3. The normalized spacial score (nSPS) is 12.1. The molecule has 5 heteroatoms. The maximum absolute atomic E-state index is 9.92. The lowest BCUT2D eigenvalue weighted by Crippen LogP contribution is -2.00. The molecule has 0 heterocycles. The molecule has 0 spiro atoms. The molecule has 0 aromatic heterocycles. The Morgan fingerprint density at radius 2 is 1.85 bits per heavy atom. The molecule has 0 bridgehead atoms. The number of hydrogen-bond donors (Lipinski definition) is 1. The predicted molar refractivity (Wildman–Crippen MR) is 82.9 cm³/mol. The van der Waals surface area contributed by atoms with Crippen LogP contribution in [0.5, 0.6) is 17.2 Å². The highest BCUT2D eigenvalue weighted by Gasteiger charge is 2.16. The number of methoxy groups -OCH3 is 1. The fraction of sp³-hybridized carbons (Fsp3) is 0.200. The maximum atomic E-state index is 9.92. The van der Waals surface area contributed by atoms with E-state index in [0.717, 1.165) is 4.47 Å². The third kappa shape index (κ3) is 3.26. The SMILES string of the molecule is COc1cccc(Oc2cc(Br)ccc2Cl)c1C(C)O. The van der Waals surface area contributed by atoms with Crippen LogP contribution in [-0.4, -0.2) is 12.2 Å². The molecular weight excluding hydrogens is 344 g/mol. The number of rotatable bonds is 4. The summed E-state index contributed by atoms with van der Waals surface area (Å²) in [6.45, 7) is 1.66. The van der Waals surface area contributed by atoms with Crippen molar-refractivity contribution in [1.29, 1.82) is 0 Å². The maximum Gasteiger partial charge on any atom is 0.147 e. The van der Waals surface area contributed by atoms with Crippen LogP contribution in [0, 0.1) is 0 Å². The lowest BCUT2D eigenvalue weighted by atomic mass is 10.1. The van der Waals surface area contributed by atoms with Crippen molar-refractivity contribution in [2.24, 2.45) is 0 Å². The number of halogens is 2. The van der Waals surface area contributed by atoms with Crippen molar-refractivity contribution in [3.63, 3.8) is 0 Å². The number of benzene rings is 2. The van der Waals surface area contributed by atoms with Gasteiger partial charge >= 0.3 is 0 Å². The summed E-state index contributed by atoms with van der Waals surface area (Å²) in [6.07, 6.45) is -0.716. The molecule has 0 fully saturated rings. The Bertz CT molecular complexity index is 614. The smallest absolute Gasteiger partial charge is 0.147 e. The summed E-state index contributed by atoms with van der Waals surface area (Å²) in [5.74, 6) is 1.60. The average molecular weight is 358 g/mol. The predicted octanol–water partition coefficient (Wildman–Crippen LogP) is 4.96. The van der Waals surface area contributed by atoms with Gasteiger partial charge in [0, 0.05) is 4.47 Å². The van der Waals surface area contributed by atoms with E-state index in [1.54, 1.807) is 44.4 Å². The van der Waals surface area contributed by atoms with Crippen LogP contribution in [0.15, 0.2) is 40.9 Å². The van der Waals surface area contributed by atoms with E-state index in [0.29, 0.717) is 27.8 Å². The number of hydrogen-bond acceptors (Lipinski definition) is 3. The van der Waals surface area contributed by atoms with Crippen LogP contribution in [-0.2, 0) is 0 Å². The van der Waals surface area contributed by atoms with Gasteiger partial charge in [-0.2, -0.15) is 0 Å². The van der Waals surface area contributed by atoms with Crippen molar-refractivity contribution in [3.05, 3.63) is 51.5 Å². The second-order valence-electron chi connectivity index (χ2n) is 4.22. The first-order valence-corrected chi connectivity index (χ1v) is 7.18. The molecule has 1 N–H and O–H groups in total. The second kappa shape index (κ2) is 6.48. The molecule has 2 aromatic rings. The van der Waals surface area contributed by atoms with Gasteiger partial charge in [-0.25, -0.2) is 0 Å². The minimum absolute atomic E-state index is 0.493. The number of ether oxygens (including phenoxy) is 2. The van der Waals surface area contributed by atoms with Gasteiger partial charge in [0.15, 0.2) is 0 Å². The average Bonchev–Trinajstić information content (AvgIpc) is 2.42. The van der Waals surface area contributed by atoms with Crippen molar-refractivity contribution in [1.82, 2.24) is 0 Å². The van der Waals surface area contributed by atoms with Crippen LogP contribution < -0.4 is 9.47 Å². The first-order chi connectivity index (χ1) is 9.52. The molecule has 20 heavy (non-hydrogen) atoms. The molecule has 0 radical (unpaired) electrons. The van der Waals surface area contributed by atoms with Crippen LogP contribution in [0.1, 0.15) is 18.6 Å². The van der Waals surface area contributed by atoms with E-state index in [1.807, 2.05) is 6.07 Å². The monoisotopic (exact) mass is 356 g/mol. The largest absolute Gasteiger partial charge is 0.496 e. The highest BCUT2D eigenvalue weighted by Crippen LogP contribution is 2.39. The molecule has 0 saturated heterocycles. The molecule has 3 nitrogen and oxygen atoms in total. The van der Waals surface area contributed by atoms with E-state index < -0.39 is 6.10 Å². The quantitative estimate of drug-likeness (QED) is 0.841. The Morgan fingerprint density at radius 1 is 1.15 bits per heavy atom. The summed E-state index contributed by atoms with van der Waals surface area (Å²) in [7, 11) is 1.55. The number of aliphatic hydroxyl groups excluding tert-OH is 1. The molecule has 0 aliphatic carbocycles. The van der Waals surface area contributed by atoms with Crippen molar-refractivity contribution >= 4 is 27.5 Å². The van der Waals surface area contributed by atoms with Crippen LogP contribution in [0.4, 0.5) is 0 Å². The van der Waals surface area contributed by atoms with Crippen LogP contribution >= 0.6 is 27.5 Å². The van der Waals surface area contributed by atoms with Gasteiger partial charge < -0.3 is 14.6 Å². The van der Waals surface area contributed by atoms with E-state index in [-0.39, 0.29) is 0 Å². The first-order valence-electron chi connectivity index (χ1n) is 6.00. The van der Waals surface area contributed by atoms with Gasteiger partial charge in [0.05, 0.1) is 23.8 Å². The molecule has 0 aliphatic rings. The molecule has 0 aliphatic heterocycles. The Balaban J connectivity index is 2.45. The zero-order chi connectivity index (χ0) is 14.7. The highest BCUT2D eigenvalue weighted by atomic mass is 79.9. The van der Waals surface area contributed by atoms with Crippen LogP contribution in [0.2, 0.25) is 5.02 Å². The van der Waals surface area contributed by atoms with Gasteiger partial charge in [-0.3, -0.25) is 0 Å². The standard InChI is InChI=1S/C15H14BrClO3/c1-9(18)15-12(19-2)4-3-5-13(15)20-14-8-10(16)6-7-11(14)17/h3-9,18H,1-2H3. The van der Waals surface area contributed by atoms with E-state index >= 15 is 0 Å². The fourth-order valence-corrected chi connectivity index (χ4v) is 2.37. The summed E-state index contributed by atoms with van der Waals surface area (Å²) >= 11 is 9.48. The molecule has 106 valence electrons. The first kappa shape index (κ1) is 15.2. The minimum atomic E-state index is -0.716. The van der Waals surface area contributed by atoms with Crippen LogP contribution in [0.3, 0.4) is 0 Å². The molecule has 2 rings (SSSR count). The van der Waals surface area contributed by atoms with Gasteiger partial charge in [-0.05, 0) is 37.3 Å². The topological polar surface area (TPSA) is 38.7 Å². The Hall–Kier alpha value is -1.23. The van der Waals surface area contributed by atoms with E-state index in [4.69, 9.17) is 21.1 Å². The number of aliphatic hydroxyl groups is 1. The van der Waals surface area contributed by atoms with Crippen molar-refractivity contribution in [3.8, 4) is 17.2 Å². The van der Waals surface area contributed by atoms with E-state index in [9.17, 15) is 5.11 Å². The summed E-state index contributed by atoms with van der Waals surface area (Å²) in [6, 6.07) is 10.7. The fourth-order valence-electron chi connectivity index (χ4n) is 1.88. The highest BCUT2D eigenvalue weighted by molar-refractivity contribution is 9.10. The van der Waals surface area contributed by atoms with E-state index in [2.05, 4.69) is 15.9 Å². The third-order valence-corrected chi connectivity index (χ3v) is 3.58. The van der Waals surface area contributed by atoms with Gasteiger partial charge in [-0.15, -0.1) is 0 Å². The van der Waals surface area contributed by atoms with Gasteiger partial charge in [-0.1, -0.05) is 33.6 Å². The molecule has 0 amide bonds. The van der Waals surface area contributed by atoms with Crippen molar-refractivity contribution in [2.75, 3.05) is 7.11 Å². The minimum Gasteiger partial charge on any atom is -0.496 e. The summed E-state index contributed by atoms with van der Waals surface area (Å²) in [5.41, 5.74) is 0.589. The Morgan fingerprint density at radius 3 is 2.50 bits per heavy atom. The lowest BCUT2D eigenvalue weighted by molar-refractivity contribution is 0.190. The zero-order valence-corrected chi connectivity index (χ0v) is 13.4. The Kier molecular flexibility index (Phi) is 4.91. The van der Waals surface area contributed by atoms with Crippen molar-refractivity contribution in [2.45, 2.75) is 13.0 Å². The summed E-state index contributed by atoms with van der Waals surface area (Å²) in [4.78, 5) is 0. The van der Waals surface area contributed by atoms with Gasteiger partial charge in [0.1, 0.15) is 17.2 Å². The second-order valence-corrected chi connectivity index (χ2v) is 5.55. The van der Waals surface area contributed by atoms with Gasteiger partial charge in [0.25, 0.3) is 0 Å². The van der Waals surface area contributed by atoms with Gasteiger partial charge in [0.2, 0.25) is 0 Å². The molecule has 2 aromatic carbocycles. The summed E-state index contributed by atoms with van der Waals surface area (Å²) in [5, 5.41) is 10.4. The third-order valence-electron chi connectivity index (χ3n) is 2.78. The van der Waals surface area contributed by atoms with Crippen molar-refractivity contribution < 1.29 is 14.6 Å². The van der Waals surface area contributed by atoms with Crippen LogP contribution in [0.25, 0.3) is 0 Å². The molecule has 1 atom stereocenters. The van der Waals surface area contributed by atoms with E-state index in [1.165, 1.54) is 0 Å². The lowest BCUT2D eigenvalue weighted by Gasteiger charge is -2.17. The zero-order valence-electron chi connectivity index (χ0n) is 11.1. The summed E-state index contributed by atoms with van der Waals surface area (Å²) < 4.78 is 11.9.